The molecule has 28 heavy (non-hydrogen) atoms. The first-order chi connectivity index (χ1) is 13.4. The highest BCUT2D eigenvalue weighted by Gasteiger charge is 2.24. The van der Waals surface area contributed by atoms with Gasteiger partial charge in [-0.25, -0.2) is 18.1 Å². The molecule has 0 unspecified atom stereocenters. The van der Waals surface area contributed by atoms with E-state index in [2.05, 4.69) is 40.6 Å². The second-order valence-corrected chi connectivity index (χ2v) is 7.59. The van der Waals surface area contributed by atoms with Gasteiger partial charge in [0.25, 0.3) is 21.8 Å². The summed E-state index contributed by atoms with van der Waals surface area (Å²) in [5.74, 6) is -0.498. The van der Waals surface area contributed by atoms with E-state index in [4.69, 9.17) is 19.5 Å². The summed E-state index contributed by atoms with van der Waals surface area (Å²) in [5.41, 5.74) is 0.395. The number of anilines is 1. The number of methoxy groups -OCH3 is 2. The van der Waals surface area contributed by atoms with Crippen molar-refractivity contribution >= 4 is 42.9 Å². The highest BCUT2D eigenvalue weighted by molar-refractivity contribution is 9.10. The molecule has 0 aliphatic heterocycles. The molecular formula is C15H13BrN6O5S. The van der Waals surface area contributed by atoms with E-state index < -0.39 is 10.0 Å². The number of nitriles is 1. The predicted octanol–water partition coefficient (Wildman–Crippen LogP) is 1.84. The smallest absolute Gasteiger partial charge is 0.266 e. The van der Waals surface area contributed by atoms with Gasteiger partial charge in [0.1, 0.15) is 21.2 Å². The molecular weight excluding hydrogens is 456 g/mol. The average Bonchev–Trinajstić information content (AvgIpc) is 3.09. The normalized spacial score (nSPS) is 11.1. The van der Waals surface area contributed by atoms with Crippen LogP contribution in [0.25, 0.3) is 11.0 Å². The fourth-order valence-electron chi connectivity index (χ4n) is 2.31. The molecule has 3 rings (SSSR count). The Bertz CT molecular complexity index is 1150. The SMILES string of the molecule is COc1nc(NS(=O)(=O)c2c[nH]c3nc(Br)ccc23)nc(OC)c1OCC#N. The Morgan fingerprint density at radius 2 is 1.89 bits per heavy atom. The van der Waals surface area contributed by atoms with Crippen molar-refractivity contribution in [2.45, 2.75) is 4.90 Å². The molecule has 2 N–H and O–H groups in total. The van der Waals surface area contributed by atoms with Crippen LogP contribution < -0.4 is 18.9 Å². The zero-order valence-corrected chi connectivity index (χ0v) is 17.0. The number of nitrogens with one attached hydrogen (secondary N) is 2. The van der Waals surface area contributed by atoms with Gasteiger partial charge in [0, 0.05) is 11.6 Å². The van der Waals surface area contributed by atoms with Crippen LogP contribution in [0.15, 0.2) is 27.8 Å². The zero-order valence-electron chi connectivity index (χ0n) is 14.6. The third-order valence-corrected chi connectivity index (χ3v) is 5.26. The van der Waals surface area contributed by atoms with Crippen molar-refractivity contribution in [3.63, 3.8) is 0 Å². The van der Waals surface area contributed by atoms with Crippen LogP contribution >= 0.6 is 15.9 Å². The summed E-state index contributed by atoms with van der Waals surface area (Å²) in [6.45, 7) is -0.293. The van der Waals surface area contributed by atoms with E-state index in [0.717, 1.165) is 0 Å². The first-order valence-electron chi connectivity index (χ1n) is 7.55. The summed E-state index contributed by atoms with van der Waals surface area (Å²) in [6, 6.07) is 5.03. The van der Waals surface area contributed by atoms with Crippen molar-refractivity contribution in [1.29, 1.82) is 5.26 Å². The minimum atomic E-state index is -4.06. The Kier molecular flexibility index (Phi) is 5.52. The van der Waals surface area contributed by atoms with Crippen LogP contribution in [0.3, 0.4) is 0 Å². The minimum absolute atomic E-state index is 0.0179. The molecule has 0 aromatic carbocycles. The van der Waals surface area contributed by atoms with Crippen LogP contribution in [-0.2, 0) is 10.0 Å². The van der Waals surface area contributed by atoms with Gasteiger partial charge in [-0.05, 0) is 28.1 Å². The van der Waals surface area contributed by atoms with E-state index in [-0.39, 0.29) is 35.0 Å². The number of hydrogen-bond donors (Lipinski definition) is 2. The van der Waals surface area contributed by atoms with Crippen LogP contribution in [0, 0.1) is 11.3 Å². The molecule has 0 amide bonds. The highest BCUT2D eigenvalue weighted by Crippen LogP contribution is 2.35. The van der Waals surface area contributed by atoms with E-state index >= 15 is 0 Å². The number of sulfonamides is 1. The van der Waals surface area contributed by atoms with Crippen LogP contribution in [0.2, 0.25) is 0 Å². The summed E-state index contributed by atoms with van der Waals surface area (Å²) < 4.78 is 43.8. The first-order valence-corrected chi connectivity index (χ1v) is 9.83. The number of halogens is 1. The van der Waals surface area contributed by atoms with Crippen molar-refractivity contribution in [3.8, 4) is 23.6 Å². The molecule has 0 bridgehead atoms. The monoisotopic (exact) mass is 468 g/mol. The molecule has 11 nitrogen and oxygen atoms in total. The summed E-state index contributed by atoms with van der Waals surface area (Å²) >= 11 is 3.23. The Labute approximate surface area is 167 Å². The number of pyridine rings is 1. The lowest BCUT2D eigenvalue weighted by molar-refractivity contribution is 0.290. The minimum Gasteiger partial charge on any atom is -0.478 e. The predicted molar refractivity (Wildman–Crippen MR) is 101 cm³/mol. The fourth-order valence-corrected chi connectivity index (χ4v) is 3.73. The maximum atomic E-state index is 12.8. The summed E-state index contributed by atoms with van der Waals surface area (Å²) in [7, 11) is -1.44. The lowest BCUT2D eigenvalue weighted by atomic mass is 10.3. The second kappa shape index (κ2) is 7.87. The van der Waals surface area contributed by atoms with E-state index in [1.165, 1.54) is 20.4 Å². The quantitative estimate of drug-likeness (QED) is 0.494. The molecule has 0 spiro atoms. The number of aromatic nitrogens is 4. The molecule has 0 saturated carbocycles. The van der Waals surface area contributed by atoms with Gasteiger partial charge < -0.3 is 19.2 Å². The van der Waals surface area contributed by atoms with Gasteiger partial charge in [-0.2, -0.15) is 15.2 Å². The van der Waals surface area contributed by atoms with Gasteiger partial charge in [0.2, 0.25) is 11.7 Å². The van der Waals surface area contributed by atoms with Gasteiger partial charge in [0.05, 0.1) is 14.2 Å². The lowest BCUT2D eigenvalue weighted by Gasteiger charge is -2.13. The highest BCUT2D eigenvalue weighted by atomic mass is 79.9. The first kappa shape index (κ1) is 19.6. The van der Waals surface area contributed by atoms with Crippen LogP contribution in [0.1, 0.15) is 0 Å². The molecule has 3 aromatic rings. The Hall–Kier alpha value is -3.11. The molecule has 3 heterocycles. The van der Waals surface area contributed by atoms with Crippen molar-refractivity contribution in [3.05, 3.63) is 22.9 Å². The fraction of sp³-hybridized carbons (Fsp3) is 0.200. The van der Waals surface area contributed by atoms with Gasteiger partial charge >= 0.3 is 0 Å². The summed E-state index contributed by atoms with van der Waals surface area (Å²) in [5, 5.41) is 9.06. The molecule has 0 radical (unpaired) electrons. The average molecular weight is 469 g/mol. The zero-order chi connectivity index (χ0) is 20.3. The molecule has 146 valence electrons. The molecule has 0 aliphatic carbocycles. The maximum absolute atomic E-state index is 12.8. The van der Waals surface area contributed by atoms with Crippen LogP contribution in [-0.4, -0.2) is 49.2 Å². The number of rotatable bonds is 7. The standard InChI is InChI=1S/C15H13BrN6O5S/c1-25-13-11(27-6-5-17)14(26-2)21-15(20-13)22-28(23,24)9-7-18-12-8(9)3-4-10(16)19-12/h3-4,7H,6H2,1-2H3,(H,18,19)(H,20,21,22). The number of hydrogen-bond acceptors (Lipinski definition) is 9. The topological polar surface area (TPSA) is 152 Å². The molecule has 0 aliphatic rings. The number of nitrogens with zero attached hydrogens (tertiary/aromatic N) is 4. The van der Waals surface area contributed by atoms with Gasteiger partial charge in [-0.1, -0.05) is 0 Å². The van der Waals surface area contributed by atoms with Crippen molar-refractivity contribution in [2.75, 3.05) is 25.5 Å². The summed E-state index contributed by atoms with van der Waals surface area (Å²) in [6.07, 6.45) is 1.31. The molecule has 3 aromatic heterocycles. The third-order valence-electron chi connectivity index (χ3n) is 3.45. The largest absolute Gasteiger partial charge is 0.478 e. The molecule has 13 heteroatoms. The number of aromatic amines is 1. The Morgan fingerprint density at radius 1 is 1.21 bits per heavy atom. The van der Waals surface area contributed by atoms with Crippen molar-refractivity contribution in [2.24, 2.45) is 0 Å². The van der Waals surface area contributed by atoms with E-state index in [1.807, 2.05) is 0 Å². The van der Waals surface area contributed by atoms with E-state index in [1.54, 1.807) is 18.2 Å². The maximum Gasteiger partial charge on any atom is 0.266 e. The molecule has 0 fully saturated rings. The van der Waals surface area contributed by atoms with Crippen molar-refractivity contribution in [1.82, 2.24) is 19.9 Å². The summed E-state index contributed by atoms with van der Waals surface area (Å²) in [4.78, 5) is 14.9. The van der Waals surface area contributed by atoms with E-state index in [9.17, 15) is 8.42 Å². The third kappa shape index (κ3) is 3.78. The molecule has 0 saturated heterocycles. The Balaban J connectivity index is 2.00. The van der Waals surface area contributed by atoms with E-state index in [0.29, 0.717) is 15.6 Å². The van der Waals surface area contributed by atoms with Gasteiger partial charge in [-0.15, -0.1) is 0 Å². The second-order valence-electron chi connectivity index (χ2n) is 5.13. The number of ether oxygens (including phenoxy) is 3. The lowest BCUT2D eigenvalue weighted by Crippen LogP contribution is -2.16. The Morgan fingerprint density at radius 3 is 2.50 bits per heavy atom. The van der Waals surface area contributed by atoms with Gasteiger partial charge in [0.15, 0.2) is 6.61 Å². The number of H-pyrrole nitrogens is 1. The molecule has 0 atom stereocenters. The van der Waals surface area contributed by atoms with Gasteiger partial charge in [-0.3, -0.25) is 0 Å². The van der Waals surface area contributed by atoms with Crippen LogP contribution in [0.4, 0.5) is 5.95 Å². The van der Waals surface area contributed by atoms with Crippen molar-refractivity contribution < 1.29 is 22.6 Å². The van der Waals surface area contributed by atoms with Crippen LogP contribution in [0.5, 0.6) is 17.5 Å². The number of fused-ring (bicyclic) bond motifs is 1.